The Morgan fingerprint density at radius 1 is 1.47 bits per heavy atom. The first-order valence-corrected chi connectivity index (χ1v) is 7.11. The van der Waals surface area contributed by atoms with Gasteiger partial charge in [-0.1, -0.05) is 18.6 Å². The summed E-state index contributed by atoms with van der Waals surface area (Å²) in [4.78, 5) is 16.9. The summed E-state index contributed by atoms with van der Waals surface area (Å²) in [5.74, 6) is -0.401. The second-order valence-electron chi connectivity index (χ2n) is 3.98. The highest BCUT2D eigenvalue weighted by atomic mass is 32.1. The van der Waals surface area contributed by atoms with E-state index in [1.807, 2.05) is 0 Å². The number of ether oxygens (including phenoxy) is 1. The van der Waals surface area contributed by atoms with Crippen molar-refractivity contribution >= 4 is 17.3 Å². The maximum absolute atomic E-state index is 11.8. The third kappa shape index (κ3) is 3.17. The lowest BCUT2D eigenvalue weighted by molar-refractivity contribution is 0.0518. The van der Waals surface area contributed by atoms with E-state index < -0.39 is 5.97 Å². The van der Waals surface area contributed by atoms with E-state index in [4.69, 9.17) is 4.74 Å². The lowest BCUT2D eigenvalue weighted by atomic mass is 10.2. The van der Waals surface area contributed by atoms with Crippen LogP contribution in [0.15, 0.2) is 11.7 Å². The number of esters is 1. The largest absolute Gasteiger partial charge is 0.461 e. The maximum atomic E-state index is 11.8. The molecule has 2 heterocycles. The average Bonchev–Trinajstić information content (AvgIpc) is 3.02. The first-order valence-electron chi connectivity index (χ1n) is 6.23. The lowest BCUT2D eigenvalue weighted by Crippen LogP contribution is -2.11. The Labute approximate surface area is 115 Å². The predicted octanol–water partition coefficient (Wildman–Crippen LogP) is 1.91. The molecule has 0 saturated heterocycles. The lowest BCUT2D eigenvalue weighted by Gasteiger charge is -2.05. The minimum atomic E-state index is -0.401. The second-order valence-corrected chi connectivity index (χ2v) is 4.95. The number of thiazole rings is 1. The van der Waals surface area contributed by atoms with Crippen molar-refractivity contribution < 1.29 is 9.53 Å². The minimum absolute atomic E-state index is 0.327. The van der Waals surface area contributed by atoms with Crippen LogP contribution >= 0.6 is 11.3 Å². The molecule has 102 valence electrons. The SMILES string of the molecule is CCCc1c(C(=O)OCC)nnn1Cc1cncs1. The third-order valence-corrected chi connectivity index (χ3v) is 3.35. The molecule has 19 heavy (non-hydrogen) atoms. The fourth-order valence-corrected chi connectivity index (χ4v) is 2.35. The number of rotatable bonds is 6. The van der Waals surface area contributed by atoms with Gasteiger partial charge >= 0.3 is 5.97 Å². The van der Waals surface area contributed by atoms with E-state index in [1.165, 1.54) is 0 Å². The van der Waals surface area contributed by atoms with E-state index in [-0.39, 0.29) is 0 Å². The van der Waals surface area contributed by atoms with Crippen molar-refractivity contribution in [2.45, 2.75) is 33.2 Å². The van der Waals surface area contributed by atoms with Crippen molar-refractivity contribution in [1.29, 1.82) is 0 Å². The number of carbonyl (C=O) groups is 1. The van der Waals surface area contributed by atoms with Crippen molar-refractivity contribution in [2.75, 3.05) is 6.61 Å². The van der Waals surface area contributed by atoms with Crippen molar-refractivity contribution in [3.63, 3.8) is 0 Å². The summed E-state index contributed by atoms with van der Waals surface area (Å²) < 4.78 is 6.75. The monoisotopic (exact) mass is 280 g/mol. The molecule has 6 nitrogen and oxygen atoms in total. The van der Waals surface area contributed by atoms with Gasteiger partial charge in [0.25, 0.3) is 0 Å². The van der Waals surface area contributed by atoms with Gasteiger partial charge in [0.05, 0.1) is 24.4 Å². The molecule has 2 rings (SSSR count). The first kappa shape index (κ1) is 13.7. The van der Waals surface area contributed by atoms with Crippen molar-refractivity contribution in [3.8, 4) is 0 Å². The van der Waals surface area contributed by atoms with Gasteiger partial charge in [-0.2, -0.15) is 0 Å². The van der Waals surface area contributed by atoms with Gasteiger partial charge in [0.1, 0.15) is 0 Å². The molecule has 0 fully saturated rings. The molecule has 7 heteroatoms. The molecule has 2 aromatic heterocycles. The van der Waals surface area contributed by atoms with Crippen LogP contribution in [0.3, 0.4) is 0 Å². The van der Waals surface area contributed by atoms with E-state index in [0.717, 1.165) is 23.4 Å². The standard InChI is InChI=1S/C12H16N4O2S/c1-3-5-10-11(12(17)18-4-2)14-15-16(10)7-9-6-13-8-19-9/h6,8H,3-5,7H2,1-2H3. The zero-order valence-corrected chi connectivity index (χ0v) is 11.8. The summed E-state index contributed by atoms with van der Waals surface area (Å²) in [6.07, 6.45) is 3.47. The van der Waals surface area contributed by atoms with Crippen LogP contribution in [0.4, 0.5) is 0 Å². The zero-order valence-electron chi connectivity index (χ0n) is 11.0. The smallest absolute Gasteiger partial charge is 0.360 e. The summed E-state index contributed by atoms with van der Waals surface area (Å²) in [7, 11) is 0. The van der Waals surface area contributed by atoms with Crippen molar-refractivity contribution in [3.05, 3.63) is 28.0 Å². The molecule has 0 N–H and O–H groups in total. The molecule has 0 radical (unpaired) electrons. The Morgan fingerprint density at radius 3 is 2.95 bits per heavy atom. The number of hydrogen-bond donors (Lipinski definition) is 0. The number of hydrogen-bond acceptors (Lipinski definition) is 6. The van der Waals surface area contributed by atoms with Crippen LogP contribution < -0.4 is 0 Å². The highest BCUT2D eigenvalue weighted by Gasteiger charge is 2.20. The molecular formula is C12H16N4O2S. The van der Waals surface area contributed by atoms with Gasteiger partial charge in [-0.25, -0.2) is 9.48 Å². The number of nitrogens with zero attached hydrogens (tertiary/aromatic N) is 4. The van der Waals surface area contributed by atoms with Gasteiger partial charge in [0.15, 0.2) is 5.69 Å². The van der Waals surface area contributed by atoms with Crippen LogP contribution in [0.2, 0.25) is 0 Å². The Hall–Kier alpha value is -1.76. The molecular weight excluding hydrogens is 264 g/mol. The van der Waals surface area contributed by atoms with Crippen LogP contribution in [0, 0.1) is 0 Å². The van der Waals surface area contributed by atoms with Gasteiger partial charge in [0, 0.05) is 11.1 Å². The van der Waals surface area contributed by atoms with Gasteiger partial charge < -0.3 is 4.74 Å². The Balaban J connectivity index is 2.25. The van der Waals surface area contributed by atoms with E-state index in [9.17, 15) is 4.79 Å². The van der Waals surface area contributed by atoms with E-state index in [2.05, 4.69) is 22.2 Å². The summed E-state index contributed by atoms with van der Waals surface area (Å²) in [5.41, 5.74) is 2.93. The van der Waals surface area contributed by atoms with Crippen LogP contribution in [0.25, 0.3) is 0 Å². The molecule has 0 aliphatic rings. The molecule has 0 aliphatic heterocycles. The third-order valence-electron chi connectivity index (χ3n) is 2.58. The van der Waals surface area contributed by atoms with E-state index in [0.29, 0.717) is 18.8 Å². The summed E-state index contributed by atoms with van der Waals surface area (Å²) in [6.45, 7) is 4.76. The summed E-state index contributed by atoms with van der Waals surface area (Å²) in [5, 5.41) is 8.01. The quantitative estimate of drug-likeness (QED) is 0.756. The van der Waals surface area contributed by atoms with Crippen LogP contribution in [-0.4, -0.2) is 32.6 Å². The molecule has 0 bridgehead atoms. The maximum Gasteiger partial charge on any atom is 0.360 e. The van der Waals surface area contributed by atoms with Gasteiger partial charge in [-0.15, -0.1) is 16.4 Å². The zero-order chi connectivity index (χ0) is 13.7. The highest BCUT2D eigenvalue weighted by Crippen LogP contribution is 2.14. The molecule has 0 aliphatic carbocycles. The van der Waals surface area contributed by atoms with E-state index in [1.54, 1.807) is 34.6 Å². The molecule has 0 saturated carbocycles. The Morgan fingerprint density at radius 2 is 2.32 bits per heavy atom. The fourth-order valence-electron chi connectivity index (χ4n) is 1.77. The fraction of sp³-hybridized carbons (Fsp3) is 0.500. The normalized spacial score (nSPS) is 10.6. The molecule has 0 spiro atoms. The summed E-state index contributed by atoms with van der Waals surface area (Å²) >= 11 is 1.56. The van der Waals surface area contributed by atoms with E-state index >= 15 is 0 Å². The summed E-state index contributed by atoms with van der Waals surface area (Å²) in [6, 6.07) is 0. The molecule has 0 amide bonds. The molecule has 0 aromatic carbocycles. The number of aromatic nitrogens is 4. The van der Waals surface area contributed by atoms with Gasteiger partial charge in [0.2, 0.25) is 0 Å². The first-order chi connectivity index (χ1) is 9.26. The Bertz CT molecular complexity index is 536. The molecule has 0 atom stereocenters. The minimum Gasteiger partial charge on any atom is -0.461 e. The topological polar surface area (TPSA) is 69.9 Å². The van der Waals surface area contributed by atoms with Gasteiger partial charge in [-0.3, -0.25) is 4.98 Å². The van der Waals surface area contributed by atoms with Crippen molar-refractivity contribution in [1.82, 2.24) is 20.0 Å². The van der Waals surface area contributed by atoms with Gasteiger partial charge in [-0.05, 0) is 13.3 Å². The second kappa shape index (κ2) is 6.42. The molecule has 2 aromatic rings. The Kier molecular flexibility index (Phi) is 4.62. The highest BCUT2D eigenvalue weighted by molar-refractivity contribution is 7.09. The van der Waals surface area contributed by atoms with Crippen LogP contribution in [0.5, 0.6) is 0 Å². The van der Waals surface area contributed by atoms with Crippen LogP contribution in [0.1, 0.15) is 41.3 Å². The van der Waals surface area contributed by atoms with Crippen LogP contribution in [-0.2, 0) is 17.7 Å². The van der Waals surface area contributed by atoms with Crippen molar-refractivity contribution in [2.24, 2.45) is 0 Å². The number of carbonyl (C=O) groups excluding carboxylic acids is 1. The predicted molar refractivity (Wildman–Crippen MR) is 71.2 cm³/mol. The molecule has 0 unspecified atom stereocenters. The average molecular weight is 280 g/mol.